The number of H-pyrrole nitrogens is 1. The van der Waals surface area contributed by atoms with E-state index < -0.39 is 5.97 Å². The van der Waals surface area contributed by atoms with Gasteiger partial charge in [-0.3, -0.25) is 4.79 Å². The van der Waals surface area contributed by atoms with Crippen molar-refractivity contribution in [3.05, 3.63) is 52.0 Å². The summed E-state index contributed by atoms with van der Waals surface area (Å²) in [4.78, 5) is 29.9. The molecule has 4 rings (SSSR count). The van der Waals surface area contributed by atoms with Crippen molar-refractivity contribution >= 4 is 39.1 Å². The van der Waals surface area contributed by atoms with E-state index in [1.807, 2.05) is 24.3 Å². The fraction of sp³-hybridized carbons (Fsp3) is 0.364. The molecule has 1 aliphatic rings. The minimum Gasteiger partial charge on any atom is -0.465 e. The lowest BCUT2D eigenvalue weighted by molar-refractivity contribution is 0.0600. The number of carbonyl (C=O) groups is 2. The Hall–Kier alpha value is -2.64. The minimum atomic E-state index is -0.426. The molecule has 0 saturated carbocycles. The number of methoxy groups -OCH3 is 1. The standard InChI is InChI=1S/C22H25N3O3S/c1-21(2)10-13-16(20(27)28-5)19(29-17(13)22(3,4)25-21)24-18(26)14-11-23-15-9-7-6-8-12(14)15/h6-9,11,23,25H,10H2,1-5H3,(H,24,26). The summed E-state index contributed by atoms with van der Waals surface area (Å²) in [5.41, 5.74) is 2.34. The van der Waals surface area contributed by atoms with E-state index in [1.54, 1.807) is 6.20 Å². The summed E-state index contributed by atoms with van der Waals surface area (Å²) in [6.45, 7) is 8.41. The van der Waals surface area contributed by atoms with Gasteiger partial charge in [-0.15, -0.1) is 11.3 Å². The Kier molecular flexibility index (Phi) is 4.55. The average Bonchev–Trinajstić information content (AvgIpc) is 3.21. The van der Waals surface area contributed by atoms with Crippen molar-refractivity contribution in [2.24, 2.45) is 0 Å². The van der Waals surface area contributed by atoms with Gasteiger partial charge in [0, 0.05) is 33.1 Å². The predicted octanol–water partition coefficient (Wildman–Crippen LogP) is 4.43. The van der Waals surface area contributed by atoms with Crippen LogP contribution < -0.4 is 10.6 Å². The highest BCUT2D eigenvalue weighted by Gasteiger charge is 2.42. The molecule has 0 unspecified atom stereocenters. The van der Waals surface area contributed by atoms with Crippen LogP contribution in [0.3, 0.4) is 0 Å². The van der Waals surface area contributed by atoms with Crippen LogP contribution >= 0.6 is 11.3 Å². The number of amides is 1. The van der Waals surface area contributed by atoms with Crippen LogP contribution in [0.4, 0.5) is 5.00 Å². The number of rotatable bonds is 3. The van der Waals surface area contributed by atoms with Crippen molar-refractivity contribution in [1.82, 2.24) is 10.3 Å². The van der Waals surface area contributed by atoms with E-state index in [0.29, 0.717) is 22.5 Å². The van der Waals surface area contributed by atoms with Gasteiger partial charge in [0.1, 0.15) is 5.00 Å². The van der Waals surface area contributed by atoms with Crippen molar-refractivity contribution in [1.29, 1.82) is 0 Å². The summed E-state index contributed by atoms with van der Waals surface area (Å²) in [6.07, 6.45) is 2.37. The molecule has 6 nitrogen and oxygen atoms in total. The molecular formula is C22H25N3O3S. The van der Waals surface area contributed by atoms with Crippen LogP contribution in [0.1, 0.15) is 58.9 Å². The summed E-state index contributed by atoms with van der Waals surface area (Å²) in [5.74, 6) is -0.679. The van der Waals surface area contributed by atoms with Gasteiger partial charge in [0.05, 0.1) is 18.2 Å². The number of esters is 1. The van der Waals surface area contributed by atoms with Crippen LogP contribution in [0, 0.1) is 0 Å². The largest absolute Gasteiger partial charge is 0.465 e. The Labute approximate surface area is 173 Å². The number of fused-ring (bicyclic) bond motifs is 2. The van der Waals surface area contributed by atoms with Crippen LogP contribution in [0.15, 0.2) is 30.5 Å². The first kappa shape index (κ1) is 19.7. The van der Waals surface area contributed by atoms with E-state index >= 15 is 0 Å². The predicted molar refractivity (Wildman–Crippen MR) is 116 cm³/mol. The van der Waals surface area contributed by atoms with Crippen molar-refractivity contribution < 1.29 is 14.3 Å². The van der Waals surface area contributed by atoms with Gasteiger partial charge in [0.2, 0.25) is 0 Å². The Bertz CT molecular complexity index is 1120. The van der Waals surface area contributed by atoms with Crippen LogP contribution in [-0.2, 0) is 16.7 Å². The molecule has 1 aromatic carbocycles. The highest BCUT2D eigenvalue weighted by atomic mass is 32.1. The summed E-state index contributed by atoms with van der Waals surface area (Å²) >= 11 is 1.44. The number of ether oxygens (including phenoxy) is 1. The Morgan fingerprint density at radius 1 is 1.17 bits per heavy atom. The van der Waals surface area contributed by atoms with E-state index in [4.69, 9.17) is 4.74 Å². The first-order chi connectivity index (χ1) is 13.6. The molecular weight excluding hydrogens is 386 g/mol. The average molecular weight is 412 g/mol. The molecule has 0 fully saturated rings. The van der Waals surface area contributed by atoms with Crippen molar-refractivity contribution in [2.75, 3.05) is 12.4 Å². The molecule has 1 amide bonds. The van der Waals surface area contributed by atoms with E-state index in [1.165, 1.54) is 18.4 Å². The monoisotopic (exact) mass is 411 g/mol. The fourth-order valence-corrected chi connectivity index (χ4v) is 5.62. The molecule has 0 atom stereocenters. The molecule has 29 heavy (non-hydrogen) atoms. The molecule has 1 aliphatic heterocycles. The number of aromatic nitrogens is 1. The Morgan fingerprint density at radius 2 is 1.90 bits per heavy atom. The lowest BCUT2D eigenvalue weighted by Crippen LogP contribution is -2.55. The van der Waals surface area contributed by atoms with E-state index in [0.717, 1.165) is 21.3 Å². The first-order valence-electron chi connectivity index (χ1n) is 9.54. The molecule has 0 spiro atoms. The highest BCUT2D eigenvalue weighted by molar-refractivity contribution is 7.17. The third kappa shape index (κ3) is 3.34. The summed E-state index contributed by atoms with van der Waals surface area (Å²) in [5, 5.41) is 7.98. The summed E-state index contributed by atoms with van der Waals surface area (Å²) in [6, 6.07) is 7.63. The van der Waals surface area contributed by atoms with Gasteiger partial charge in [0.25, 0.3) is 5.91 Å². The Balaban J connectivity index is 1.79. The topological polar surface area (TPSA) is 83.2 Å². The van der Waals surface area contributed by atoms with Gasteiger partial charge in [-0.2, -0.15) is 0 Å². The second kappa shape index (κ2) is 6.71. The summed E-state index contributed by atoms with van der Waals surface area (Å²) in [7, 11) is 1.37. The molecule has 0 bridgehead atoms. The number of anilines is 1. The number of para-hydroxylation sites is 1. The first-order valence-corrected chi connectivity index (χ1v) is 10.4. The number of benzene rings is 1. The molecule has 0 saturated heterocycles. The van der Waals surface area contributed by atoms with Gasteiger partial charge in [0.15, 0.2) is 0 Å². The van der Waals surface area contributed by atoms with Gasteiger partial charge in [-0.05, 0) is 45.7 Å². The number of nitrogens with one attached hydrogen (secondary N) is 3. The van der Waals surface area contributed by atoms with Crippen LogP contribution in [-0.4, -0.2) is 29.5 Å². The Morgan fingerprint density at radius 3 is 2.62 bits per heavy atom. The van der Waals surface area contributed by atoms with Crippen LogP contribution in [0.5, 0.6) is 0 Å². The molecule has 3 aromatic rings. The third-order valence-corrected chi connectivity index (χ3v) is 6.77. The number of carbonyl (C=O) groups excluding carboxylic acids is 2. The molecule has 7 heteroatoms. The lowest BCUT2D eigenvalue weighted by Gasteiger charge is -2.42. The van der Waals surface area contributed by atoms with Gasteiger partial charge in [-0.1, -0.05) is 18.2 Å². The highest BCUT2D eigenvalue weighted by Crippen LogP contribution is 2.45. The zero-order valence-electron chi connectivity index (χ0n) is 17.2. The van der Waals surface area contributed by atoms with E-state index in [9.17, 15) is 9.59 Å². The maximum Gasteiger partial charge on any atom is 0.341 e. The smallest absolute Gasteiger partial charge is 0.341 e. The maximum atomic E-state index is 13.1. The molecule has 152 valence electrons. The quantitative estimate of drug-likeness (QED) is 0.557. The minimum absolute atomic E-state index is 0.182. The summed E-state index contributed by atoms with van der Waals surface area (Å²) < 4.78 is 5.07. The zero-order valence-corrected chi connectivity index (χ0v) is 18.0. The van der Waals surface area contributed by atoms with Crippen LogP contribution in [0.2, 0.25) is 0 Å². The normalized spacial score (nSPS) is 17.0. The third-order valence-electron chi connectivity index (χ3n) is 5.29. The lowest BCUT2D eigenvalue weighted by atomic mass is 9.81. The molecule has 0 aliphatic carbocycles. The molecule has 0 radical (unpaired) electrons. The van der Waals surface area contributed by atoms with Gasteiger partial charge < -0.3 is 20.4 Å². The number of thiophene rings is 1. The van der Waals surface area contributed by atoms with Crippen LogP contribution in [0.25, 0.3) is 10.9 Å². The second-order valence-corrected chi connectivity index (χ2v) is 9.64. The van der Waals surface area contributed by atoms with Crippen molar-refractivity contribution in [3.8, 4) is 0 Å². The van der Waals surface area contributed by atoms with Gasteiger partial charge in [-0.25, -0.2) is 4.79 Å². The number of hydrogen-bond donors (Lipinski definition) is 3. The van der Waals surface area contributed by atoms with Gasteiger partial charge >= 0.3 is 5.97 Å². The number of aromatic amines is 1. The molecule has 2 aromatic heterocycles. The van der Waals surface area contributed by atoms with E-state index in [-0.39, 0.29) is 17.0 Å². The SMILES string of the molecule is COC(=O)c1c(NC(=O)c2c[nH]c3ccccc23)sc2c1CC(C)(C)NC2(C)C. The molecule has 3 heterocycles. The number of hydrogen-bond acceptors (Lipinski definition) is 5. The van der Waals surface area contributed by atoms with E-state index in [2.05, 4.69) is 43.3 Å². The zero-order chi connectivity index (χ0) is 21.0. The molecule has 3 N–H and O–H groups in total. The van der Waals surface area contributed by atoms with Crippen molar-refractivity contribution in [2.45, 2.75) is 45.2 Å². The maximum absolute atomic E-state index is 13.1. The fourth-order valence-electron chi connectivity index (χ4n) is 4.36. The van der Waals surface area contributed by atoms with Crippen molar-refractivity contribution in [3.63, 3.8) is 0 Å². The second-order valence-electron chi connectivity index (χ2n) is 8.62.